The van der Waals surface area contributed by atoms with Crippen LogP contribution < -0.4 is 4.99 Å². The Morgan fingerprint density at radius 3 is 2.82 bits per heavy atom. The third kappa shape index (κ3) is 2.07. The highest BCUT2D eigenvalue weighted by atomic mass is 15.2. The van der Waals surface area contributed by atoms with Crippen molar-refractivity contribution in [3.8, 4) is 0 Å². The Balaban J connectivity index is 2.46. The second-order valence-electron chi connectivity index (χ2n) is 3.24. The van der Waals surface area contributed by atoms with Crippen LogP contribution >= 0.6 is 0 Å². The lowest BCUT2D eigenvalue weighted by Gasteiger charge is -2.10. The molecule has 2 heteroatoms. The molecule has 2 nitrogen and oxygen atoms in total. The molecule has 11 heavy (non-hydrogen) atoms. The van der Waals surface area contributed by atoms with Crippen LogP contribution in [-0.2, 0) is 0 Å². The van der Waals surface area contributed by atoms with Crippen molar-refractivity contribution in [2.24, 2.45) is 5.92 Å². The molecule has 1 aliphatic heterocycles. The molecule has 0 N–H and O–H groups in total. The molecule has 1 radical (unpaired) electrons. The lowest BCUT2D eigenvalue weighted by atomic mass is 10.2. The summed E-state index contributed by atoms with van der Waals surface area (Å²) in [5.74, 6) is 1.90. The van der Waals surface area contributed by atoms with Crippen LogP contribution in [0.3, 0.4) is 0 Å². The van der Waals surface area contributed by atoms with Gasteiger partial charge in [-0.05, 0) is 5.92 Å². The smallest absolute Gasteiger partial charge is 0.231 e. The van der Waals surface area contributed by atoms with Gasteiger partial charge in [0.15, 0.2) is 6.20 Å². The van der Waals surface area contributed by atoms with Gasteiger partial charge in [-0.1, -0.05) is 25.8 Å². The summed E-state index contributed by atoms with van der Waals surface area (Å²) in [6.07, 6.45) is 4.96. The predicted octanol–water partition coefficient (Wildman–Crippen LogP) is 1.57. The summed E-state index contributed by atoms with van der Waals surface area (Å²) in [7, 11) is 0. The molecule has 0 atom stereocenters. The Labute approximate surface area is 68.6 Å². The molecule has 0 aliphatic carbocycles. The molecular weight excluding hydrogens is 136 g/mol. The Morgan fingerprint density at radius 2 is 2.27 bits per heavy atom. The van der Waals surface area contributed by atoms with Gasteiger partial charge in [0.1, 0.15) is 6.20 Å². The van der Waals surface area contributed by atoms with Gasteiger partial charge in [-0.3, -0.25) is 0 Å². The molecule has 0 spiro atoms. The zero-order valence-electron chi connectivity index (χ0n) is 7.54. The van der Waals surface area contributed by atoms with E-state index in [4.69, 9.17) is 0 Å². The molecule has 0 unspecified atom stereocenters. The number of rotatable bonds is 3. The van der Waals surface area contributed by atoms with Crippen LogP contribution in [0.15, 0.2) is 12.4 Å². The van der Waals surface area contributed by atoms with E-state index in [9.17, 15) is 0 Å². The Hall–Kier alpha value is -0.790. The molecule has 0 saturated heterocycles. The van der Waals surface area contributed by atoms with Crippen molar-refractivity contribution in [1.82, 2.24) is 9.89 Å². The van der Waals surface area contributed by atoms with E-state index in [1.807, 2.05) is 6.20 Å². The Kier molecular flexibility index (Phi) is 2.69. The Bertz CT molecular complexity index is 180. The van der Waals surface area contributed by atoms with Crippen LogP contribution in [-0.4, -0.2) is 17.3 Å². The fourth-order valence-corrected chi connectivity index (χ4v) is 1.21. The summed E-state index contributed by atoms with van der Waals surface area (Å²) in [5, 5.41) is 0. The van der Waals surface area contributed by atoms with Crippen molar-refractivity contribution in [3.05, 3.63) is 12.4 Å². The van der Waals surface area contributed by atoms with Gasteiger partial charge in [0, 0.05) is 0 Å². The van der Waals surface area contributed by atoms with Crippen LogP contribution in [0.2, 0.25) is 0 Å². The van der Waals surface area contributed by atoms with E-state index in [1.54, 1.807) is 0 Å². The number of hydrogen-bond acceptors (Lipinski definition) is 2. The van der Waals surface area contributed by atoms with Gasteiger partial charge in [0.2, 0.25) is 0 Å². The molecule has 0 saturated carbocycles. The topological polar surface area (TPSA) is 17.3 Å². The maximum Gasteiger partial charge on any atom is 0.298 e. The first-order valence-electron chi connectivity index (χ1n) is 4.24. The van der Waals surface area contributed by atoms with Crippen LogP contribution in [0, 0.1) is 5.92 Å². The highest BCUT2D eigenvalue weighted by Gasteiger charge is 2.21. The first kappa shape index (κ1) is 8.31. The first-order chi connectivity index (χ1) is 5.24. The van der Waals surface area contributed by atoms with Crippen LogP contribution in [0.25, 0.3) is 0 Å². The largest absolute Gasteiger partial charge is 0.298 e. The fraction of sp³-hybridized carbons (Fsp3) is 0.667. The van der Waals surface area contributed by atoms with Gasteiger partial charge >= 0.3 is 0 Å². The summed E-state index contributed by atoms with van der Waals surface area (Å²) >= 11 is 0. The normalized spacial score (nSPS) is 16.4. The van der Waals surface area contributed by atoms with Crippen molar-refractivity contribution in [2.45, 2.75) is 27.2 Å². The molecule has 0 amide bonds. The maximum atomic E-state index is 4.25. The second kappa shape index (κ2) is 3.56. The third-order valence-corrected chi connectivity index (χ3v) is 1.68. The molecule has 0 fully saturated rings. The van der Waals surface area contributed by atoms with Crippen LogP contribution in [0.4, 0.5) is 0 Å². The number of amidine groups is 1. The van der Waals surface area contributed by atoms with Crippen molar-refractivity contribution < 1.29 is 0 Å². The SMILES string of the molecule is CCC1=[N+]C=CN1CC(C)C. The molecule has 1 heterocycles. The van der Waals surface area contributed by atoms with E-state index in [1.165, 1.54) is 5.84 Å². The molecule has 1 aliphatic rings. The van der Waals surface area contributed by atoms with Crippen molar-refractivity contribution in [3.63, 3.8) is 0 Å². The molecule has 0 aromatic carbocycles. The zero-order valence-corrected chi connectivity index (χ0v) is 7.54. The molecule has 0 bridgehead atoms. The van der Waals surface area contributed by atoms with Gasteiger partial charge in [-0.15, -0.1) is 0 Å². The summed E-state index contributed by atoms with van der Waals surface area (Å²) in [5.41, 5.74) is 0. The third-order valence-electron chi connectivity index (χ3n) is 1.68. The summed E-state index contributed by atoms with van der Waals surface area (Å²) in [4.78, 5) is 6.48. The fourth-order valence-electron chi connectivity index (χ4n) is 1.21. The molecule has 0 aromatic rings. The summed E-state index contributed by atoms with van der Waals surface area (Å²) in [6.45, 7) is 7.67. The molecule has 61 valence electrons. The van der Waals surface area contributed by atoms with Gasteiger partial charge in [0.05, 0.1) is 13.0 Å². The summed E-state index contributed by atoms with van der Waals surface area (Å²) in [6, 6.07) is 0. The van der Waals surface area contributed by atoms with Gasteiger partial charge in [-0.25, -0.2) is 4.90 Å². The monoisotopic (exact) mass is 152 g/mol. The van der Waals surface area contributed by atoms with E-state index in [0.29, 0.717) is 5.92 Å². The van der Waals surface area contributed by atoms with Crippen molar-refractivity contribution in [2.75, 3.05) is 6.54 Å². The minimum Gasteiger partial charge on any atom is -0.231 e. The van der Waals surface area contributed by atoms with Crippen molar-refractivity contribution in [1.29, 1.82) is 0 Å². The van der Waals surface area contributed by atoms with Crippen LogP contribution in [0.1, 0.15) is 27.2 Å². The number of aliphatic imine (C=N–C) groups is 1. The van der Waals surface area contributed by atoms with E-state index < -0.39 is 0 Å². The quantitative estimate of drug-likeness (QED) is 0.600. The van der Waals surface area contributed by atoms with Crippen LogP contribution in [0.5, 0.6) is 0 Å². The summed E-state index contributed by atoms with van der Waals surface area (Å²) < 4.78 is 0. The minimum atomic E-state index is 0.703. The van der Waals surface area contributed by atoms with Gasteiger partial charge in [-0.2, -0.15) is 0 Å². The lowest BCUT2D eigenvalue weighted by molar-refractivity contribution is 0.458. The highest BCUT2D eigenvalue weighted by molar-refractivity contribution is 5.83. The molecule has 1 rings (SSSR count). The van der Waals surface area contributed by atoms with Gasteiger partial charge in [0.25, 0.3) is 5.84 Å². The maximum absolute atomic E-state index is 4.25. The Morgan fingerprint density at radius 1 is 1.55 bits per heavy atom. The van der Waals surface area contributed by atoms with E-state index >= 15 is 0 Å². The number of nitrogens with zero attached hydrogens (tertiary/aromatic N) is 2. The van der Waals surface area contributed by atoms with E-state index in [0.717, 1.165) is 13.0 Å². The molecule has 0 aromatic heterocycles. The number of hydrogen-bond donors (Lipinski definition) is 0. The van der Waals surface area contributed by atoms with E-state index in [-0.39, 0.29) is 0 Å². The average Bonchev–Trinajstić information content (AvgIpc) is 2.34. The minimum absolute atomic E-state index is 0.703. The average molecular weight is 152 g/mol. The lowest BCUT2D eigenvalue weighted by Crippen LogP contribution is -2.27. The van der Waals surface area contributed by atoms with Crippen molar-refractivity contribution >= 4 is 5.84 Å². The standard InChI is InChI=1S/C9H16N2/c1-4-9-10-5-6-11(9)7-8(2)3/h5-6,8H,4,7H2,1-3H3/q+1. The van der Waals surface area contributed by atoms with Gasteiger partial charge < -0.3 is 0 Å². The van der Waals surface area contributed by atoms with E-state index in [2.05, 4.69) is 36.9 Å². The molecular formula is C9H16N2+. The first-order valence-corrected chi connectivity index (χ1v) is 4.24. The second-order valence-corrected chi connectivity index (χ2v) is 3.24. The zero-order chi connectivity index (χ0) is 8.27. The predicted molar refractivity (Wildman–Crippen MR) is 48.1 cm³/mol. The highest BCUT2D eigenvalue weighted by Crippen LogP contribution is 2.04.